The van der Waals surface area contributed by atoms with E-state index in [1.165, 1.54) is 16.4 Å². The molecule has 2 rings (SSSR count). The van der Waals surface area contributed by atoms with Gasteiger partial charge in [0.1, 0.15) is 0 Å². The fourth-order valence-corrected chi connectivity index (χ4v) is 4.77. The van der Waals surface area contributed by atoms with E-state index in [1.54, 1.807) is 7.11 Å². The molecule has 0 unspecified atom stereocenters. The quantitative estimate of drug-likeness (QED) is 0.628. The summed E-state index contributed by atoms with van der Waals surface area (Å²) in [5.74, 6) is 0. The first-order chi connectivity index (χ1) is 9.86. The lowest BCUT2D eigenvalue weighted by Crippen LogP contribution is -2.35. The molecule has 0 saturated carbocycles. The molecule has 21 heavy (non-hydrogen) atoms. The van der Waals surface area contributed by atoms with Gasteiger partial charge in [-0.2, -0.15) is 4.31 Å². The van der Waals surface area contributed by atoms with Crippen LogP contribution in [0.1, 0.15) is 6.42 Å². The van der Waals surface area contributed by atoms with E-state index in [-0.39, 0.29) is 4.90 Å². The Hall–Kier alpha value is -0.600. The highest BCUT2D eigenvalue weighted by Gasteiger charge is 2.29. The van der Waals surface area contributed by atoms with Gasteiger partial charge in [-0.3, -0.25) is 0 Å². The highest BCUT2D eigenvalue weighted by Crippen LogP contribution is 2.34. The van der Waals surface area contributed by atoms with E-state index in [0.29, 0.717) is 41.3 Å². The maximum absolute atomic E-state index is 12.7. The first-order valence-electron chi connectivity index (χ1n) is 6.27. The zero-order chi connectivity index (χ0) is 15.6. The molecule has 8 heteroatoms. The summed E-state index contributed by atoms with van der Waals surface area (Å²) in [5, 5.41) is 0.293. The minimum absolute atomic E-state index is 0.0936. The SMILES string of the molecule is COCC1=CCN(S(=O)(=O)c2cc(Cl)cc(N)c2Br)CC1. The Morgan fingerprint density at radius 3 is 2.76 bits per heavy atom. The van der Waals surface area contributed by atoms with Crippen molar-refractivity contribution in [3.63, 3.8) is 0 Å². The van der Waals surface area contributed by atoms with Gasteiger partial charge < -0.3 is 10.5 Å². The van der Waals surface area contributed by atoms with Crippen molar-refractivity contribution in [2.75, 3.05) is 32.5 Å². The average molecular weight is 396 g/mol. The van der Waals surface area contributed by atoms with Crippen molar-refractivity contribution in [3.8, 4) is 0 Å². The van der Waals surface area contributed by atoms with Crippen LogP contribution in [-0.4, -0.2) is 39.5 Å². The van der Waals surface area contributed by atoms with Crippen LogP contribution in [0.2, 0.25) is 5.02 Å². The number of halogens is 2. The molecule has 116 valence electrons. The number of methoxy groups -OCH3 is 1. The van der Waals surface area contributed by atoms with Crippen molar-refractivity contribution in [2.24, 2.45) is 0 Å². The first-order valence-corrected chi connectivity index (χ1v) is 8.89. The lowest BCUT2D eigenvalue weighted by atomic mass is 10.1. The molecule has 1 aliphatic heterocycles. The lowest BCUT2D eigenvalue weighted by molar-refractivity contribution is 0.219. The fourth-order valence-electron chi connectivity index (χ4n) is 2.14. The van der Waals surface area contributed by atoms with E-state index in [1.807, 2.05) is 6.08 Å². The Morgan fingerprint density at radius 2 is 2.19 bits per heavy atom. The summed E-state index contributed by atoms with van der Waals surface area (Å²) in [6.07, 6.45) is 2.53. The van der Waals surface area contributed by atoms with Crippen LogP contribution in [0.4, 0.5) is 5.69 Å². The van der Waals surface area contributed by atoms with Crippen molar-refractivity contribution < 1.29 is 13.2 Å². The smallest absolute Gasteiger partial charge is 0.244 e. The maximum Gasteiger partial charge on any atom is 0.244 e. The molecule has 0 aliphatic carbocycles. The molecule has 0 fully saturated rings. The van der Waals surface area contributed by atoms with Crippen LogP contribution in [0, 0.1) is 0 Å². The van der Waals surface area contributed by atoms with Crippen LogP contribution in [0.3, 0.4) is 0 Å². The minimum Gasteiger partial charge on any atom is -0.398 e. The molecule has 0 aromatic heterocycles. The van der Waals surface area contributed by atoms with E-state index < -0.39 is 10.0 Å². The minimum atomic E-state index is -3.64. The van der Waals surface area contributed by atoms with E-state index in [9.17, 15) is 8.42 Å². The molecule has 0 bridgehead atoms. The summed E-state index contributed by atoms with van der Waals surface area (Å²) in [6.45, 7) is 1.26. The monoisotopic (exact) mass is 394 g/mol. The number of rotatable bonds is 4. The molecule has 5 nitrogen and oxygen atoms in total. The highest BCUT2D eigenvalue weighted by atomic mass is 79.9. The topological polar surface area (TPSA) is 72.6 Å². The van der Waals surface area contributed by atoms with Crippen LogP contribution in [-0.2, 0) is 14.8 Å². The van der Waals surface area contributed by atoms with Gasteiger partial charge in [0.15, 0.2) is 0 Å². The van der Waals surface area contributed by atoms with Gasteiger partial charge >= 0.3 is 0 Å². The van der Waals surface area contributed by atoms with Crippen molar-refractivity contribution >= 4 is 43.2 Å². The standard InChI is InChI=1S/C13H16BrClN2O3S/c1-20-8-9-2-4-17(5-3-9)21(18,19)12-7-10(15)6-11(16)13(12)14/h2,6-7H,3-5,8,16H2,1H3. The zero-order valence-electron chi connectivity index (χ0n) is 11.5. The predicted octanol–water partition coefficient (Wildman–Crippen LogP) is 2.65. The van der Waals surface area contributed by atoms with Crippen LogP contribution >= 0.6 is 27.5 Å². The van der Waals surface area contributed by atoms with Crippen LogP contribution in [0.25, 0.3) is 0 Å². The lowest BCUT2D eigenvalue weighted by Gasteiger charge is -2.26. The number of ether oxygens (including phenoxy) is 1. The van der Waals surface area contributed by atoms with Gasteiger partial charge in [0.05, 0.1) is 16.0 Å². The normalized spacial score (nSPS) is 16.8. The summed E-state index contributed by atoms with van der Waals surface area (Å²) in [5.41, 5.74) is 7.17. The number of nitrogens with zero attached hydrogens (tertiary/aromatic N) is 1. The number of anilines is 1. The number of hydrogen-bond acceptors (Lipinski definition) is 4. The summed E-state index contributed by atoms with van der Waals surface area (Å²) in [7, 11) is -2.02. The molecule has 0 atom stereocenters. The molecular formula is C13H16BrClN2O3S. The van der Waals surface area contributed by atoms with E-state index in [0.717, 1.165) is 5.57 Å². The summed E-state index contributed by atoms with van der Waals surface area (Å²) < 4.78 is 32.2. The third-order valence-electron chi connectivity index (χ3n) is 3.25. The summed E-state index contributed by atoms with van der Waals surface area (Å²) >= 11 is 9.15. The van der Waals surface area contributed by atoms with Crippen molar-refractivity contribution in [3.05, 3.63) is 33.3 Å². The first kappa shape index (κ1) is 16.8. The highest BCUT2D eigenvalue weighted by molar-refractivity contribution is 9.10. The Kier molecular flexibility index (Phi) is 5.32. The Labute approximate surface area is 137 Å². The summed E-state index contributed by atoms with van der Waals surface area (Å²) in [6, 6.07) is 2.92. The molecule has 0 radical (unpaired) electrons. The van der Waals surface area contributed by atoms with Gasteiger partial charge in [-0.05, 0) is 40.1 Å². The Morgan fingerprint density at radius 1 is 1.48 bits per heavy atom. The molecule has 0 amide bonds. The molecule has 2 N–H and O–H groups in total. The van der Waals surface area contributed by atoms with E-state index in [4.69, 9.17) is 22.1 Å². The van der Waals surface area contributed by atoms with Gasteiger partial charge in [-0.25, -0.2) is 8.42 Å². The molecule has 1 aromatic carbocycles. The van der Waals surface area contributed by atoms with Crippen LogP contribution in [0.15, 0.2) is 33.2 Å². The molecular weight excluding hydrogens is 380 g/mol. The van der Waals surface area contributed by atoms with Crippen molar-refractivity contribution in [2.45, 2.75) is 11.3 Å². The Bertz CT molecular complexity index is 676. The van der Waals surface area contributed by atoms with Gasteiger partial charge in [-0.15, -0.1) is 0 Å². The average Bonchev–Trinajstić information content (AvgIpc) is 2.43. The van der Waals surface area contributed by atoms with Crippen LogP contribution < -0.4 is 5.73 Å². The summed E-state index contributed by atoms with van der Waals surface area (Å²) in [4.78, 5) is 0.0936. The fraction of sp³-hybridized carbons (Fsp3) is 0.385. The zero-order valence-corrected chi connectivity index (χ0v) is 14.6. The molecule has 0 saturated heterocycles. The van der Waals surface area contributed by atoms with E-state index in [2.05, 4.69) is 15.9 Å². The van der Waals surface area contributed by atoms with Crippen molar-refractivity contribution in [1.29, 1.82) is 0 Å². The molecule has 0 spiro atoms. The number of benzene rings is 1. The van der Waals surface area contributed by atoms with Gasteiger partial charge in [0.25, 0.3) is 0 Å². The Balaban J connectivity index is 2.32. The third-order valence-corrected chi connectivity index (χ3v) is 6.50. The molecule has 1 aromatic rings. The van der Waals surface area contributed by atoms with Gasteiger partial charge in [0, 0.05) is 30.9 Å². The van der Waals surface area contributed by atoms with Crippen LogP contribution in [0.5, 0.6) is 0 Å². The van der Waals surface area contributed by atoms with E-state index >= 15 is 0 Å². The molecule has 1 aliphatic rings. The number of nitrogens with two attached hydrogens (primary N) is 1. The maximum atomic E-state index is 12.7. The largest absolute Gasteiger partial charge is 0.398 e. The number of hydrogen-bond donors (Lipinski definition) is 1. The predicted molar refractivity (Wildman–Crippen MR) is 86.9 cm³/mol. The second-order valence-corrected chi connectivity index (χ2v) is 7.85. The number of sulfonamides is 1. The van der Waals surface area contributed by atoms with Crippen molar-refractivity contribution in [1.82, 2.24) is 4.31 Å². The van der Waals surface area contributed by atoms with Gasteiger partial charge in [0.2, 0.25) is 10.0 Å². The molecule has 1 heterocycles. The third kappa shape index (κ3) is 3.60. The second-order valence-electron chi connectivity index (χ2n) is 4.72. The second kappa shape index (κ2) is 6.66. The van der Waals surface area contributed by atoms with Gasteiger partial charge in [-0.1, -0.05) is 17.7 Å². The number of nitrogen functional groups attached to an aromatic ring is 1.